The first-order valence-electron chi connectivity index (χ1n) is 6.26. The second kappa shape index (κ2) is 6.62. The van der Waals surface area contributed by atoms with E-state index in [2.05, 4.69) is 8.73 Å². The summed E-state index contributed by atoms with van der Waals surface area (Å²) in [4.78, 5) is 4.80. The fourth-order valence-corrected chi connectivity index (χ4v) is 6.13. The lowest BCUT2D eigenvalue weighted by Crippen LogP contribution is -2.60. The van der Waals surface area contributed by atoms with Gasteiger partial charge in [-0.3, -0.25) is 0 Å². The SMILES string of the molecule is [O-][Cl+3]([O-])([O-])OS1=C(c2ccccc2)N=C(c2ccc(O)cc2)S1. The molecule has 0 fully saturated rings. The fourth-order valence-electron chi connectivity index (χ4n) is 1.83. The smallest absolute Gasteiger partial charge is 0.200 e. The van der Waals surface area contributed by atoms with E-state index in [0.29, 0.717) is 21.2 Å². The number of rotatable bonds is 4. The summed E-state index contributed by atoms with van der Waals surface area (Å²) in [7, 11) is -4.88. The Kier molecular flexibility index (Phi) is 4.74. The molecular formula is C14H10ClNO5S2. The molecule has 1 atom stereocenters. The third-order valence-electron chi connectivity index (χ3n) is 2.78. The van der Waals surface area contributed by atoms with Crippen molar-refractivity contribution in [2.45, 2.75) is 0 Å². The molecule has 9 heteroatoms. The van der Waals surface area contributed by atoms with Crippen LogP contribution in [0, 0.1) is 10.2 Å². The third kappa shape index (κ3) is 4.12. The van der Waals surface area contributed by atoms with Crippen molar-refractivity contribution in [1.82, 2.24) is 0 Å². The van der Waals surface area contributed by atoms with E-state index in [9.17, 15) is 19.1 Å². The van der Waals surface area contributed by atoms with Crippen molar-refractivity contribution in [3.63, 3.8) is 0 Å². The van der Waals surface area contributed by atoms with Gasteiger partial charge >= 0.3 is 0 Å². The van der Waals surface area contributed by atoms with E-state index in [1.54, 1.807) is 36.4 Å². The van der Waals surface area contributed by atoms with Crippen molar-refractivity contribution in [2.75, 3.05) is 0 Å². The van der Waals surface area contributed by atoms with Crippen LogP contribution >= 0.6 is 20.6 Å². The first-order chi connectivity index (χ1) is 10.9. The summed E-state index contributed by atoms with van der Waals surface area (Å²) in [6, 6.07) is 15.2. The third-order valence-corrected chi connectivity index (χ3v) is 7.00. The van der Waals surface area contributed by atoms with E-state index in [1.165, 1.54) is 12.1 Å². The van der Waals surface area contributed by atoms with Gasteiger partial charge in [0.15, 0.2) is 0 Å². The van der Waals surface area contributed by atoms with Crippen LogP contribution in [0.2, 0.25) is 0 Å². The van der Waals surface area contributed by atoms with Gasteiger partial charge < -0.3 is 5.11 Å². The molecule has 1 N–H and O–H groups in total. The van der Waals surface area contributed by atoms with Crippen molar-refractivity contribution >= 4 is 30.6 Å². The maximum Gasteiger partial charge on any atom is 0.200 e. The maximum atomic E-state index is 10.9. The van der Waals surface area contributed by atoms with Gasteiger partial charge in [-0.2, -0.15) is 14.0 Å². The Morgan fingerprint density at radius 1 is 0.957 bits per heavy atom. The molecular weight excluding hydrogens is 362 g/mol. The van der Waals surface area contributed by atoms with Crippen molar-refractivity contribution in [3.05, 3.63) is 65.7 Å². The topological polar surface area (TPSA) is 111 Å². The highest BCUT2D eigenvalue weighted by molar-refractivity contribution is 8.87. The molecule has 0 radical (unpaired) electrons. The summed E-state index contributed by atoms with van der Waals surface area (Å²) in [5.41, 5.74) is 1.37. The lowest BCUT2D eigenvalue weighted by atomic mass is 10.2. The van der Waals surface area contributed by atoms with Crippen LogP contribution in [0.3, 0.4) is 0 Å². The second-order valence-corrected chi connectivity index (χ2v) is 8.47. The Hall–Kier alpha value is -1.39. The van der Waals surface area contributed by atoms with Crippen LogP contribution in [-0.4, -0.2) is 15.1 Å². The van der Waals surface area contributed by atoms with Gasteiger partial charge in [-0.15, -0.1) is 0 Å². The number of phenolic OH excluding ortho intramolecular Hbond substituents is 1. The average Bonchev–Trinajstić information content (AvgIpc) is 2.90. The second-order valence-electron chi connectivity index (χ2n) is 4.39. The summed E-state index contributed by atoms with van der Waals surface area (Å²) in [5, 5.41) is 9.86. The Morgan fingerprint density at radius 3 is 2.22 bits per heavy atom. The summed E-state index contributed by atoms with van der Waals surface area (Å²) in [6.45, 7) is 0. The zero-order chi connectivity index (χ0) is 16.4. The average molecular weight is 372 g/mol. The maximum absolute atomic E-state index is 10.9. The van der Waals surface area contributed by atoms with E-state index >= 15 is 0 Å². The van der Waals surface area contributed by atoms with Crippen LogP contribution in [0.25, 0.3) is 0 Å². The summed E-state index contributed by atoms with van der Waals surface area (Å²) >= 11 is 0. The summed E-state index contributed by atoms with van der Waals surface area (Å²) < 4.78 is 37.4. The number of nitrogens with zero attached hydrogens (tertiary/aromatic N) is 1. The lowest BCUT2D eigenvalue weighted by Gasteiger charge is -2.12. The van der Waals surface area contributed by atoms with Crippen molar-refractivity contribution in [1.29, 1.82) is 0 Å². The molecule has 2 aromatic rings. The minimum atomic E-state index is -4.57. The number of phenols is 1. The molecule has 1 heterocycles. The van der Waals surface area contributed by atoms with Gasteiger partial charge in [-0.05, 0) is 24.3 Å². The van der Waals surface area contributed by atoms with Gasteiger partial charge in [0.2, 0.25) is 9.80 Å². The number of hydrogen-bond donors (Lipinski definition) is 1. The molecule has 0 saturated carbocycles. The molecule has 120 valence electrons. The van der Waals surface area contributed by atoms with E-state index in [1.807, 2.05) is 6.07 Å². The number of aliphatic imine (C=N–C) groups is 1. The molecule has 0 aromatic heterocycles. The molecule has 0 bridgehead atoms. The zero-order valence-corrected chi connectivity index (χ0v) is 13.8. The first-order valence-corrected chi connectivity index (χ1v) is 9.98. The highest BCUT2D eigenvalue weighted by Crippen LogP contribution is 2.44. The van der Waals surface area contributed by atoms with E-state index < -0.39 is 20.0 Å². The number of benzene rings is 2. The van der Waals surface area contributed by atoms with Crippen molar-refractivity contribution in [2.24, 2.45) is 4.99 Å². The van der Waals surface area contributed by atoms with Gasteiger partial charge in [-0.25, -0.2) is 4.99 Å². The van der Waals surface area contributed by atoms with Crippen LogP contribution in [0.1, 0.15) is 11.1 Å². The monoisotopic (exact) mass is 371 g/mol. The highest BCUT2D eigenvalue weighted by atomic mass is 35.7. The Balaban J connectivity index is 1.98. The summed E-state index contributed by atoms with van der Waals surface area (Å²) in [6.07, 6.45) is 0. The largest absolute Gasteiger partial charge is 0.508 e. The van der Waals surface area contributed by atoms with Crippen LogP contribution in [0.4, 0.5) is 0 Å². The van der Waals surface area contributed by atoms with Gasteiger partial charge in [-0.1, -0.05) is 30.3 Å². The van der Waals surface area contributed by atoms with Gasteiger partial charge in [0.25, 0.3) is 0 Å². The highest BCUT2D eigenvalue weighted by Gasteiger charge is 2.33. The molecule has 0 spiro atoms. The predicted octanol–water partition coefficient (Wildman–Crippen LogP) is 0.0766. The fraction of sp³-hybridized carbons (Fsp3) is 0. The molecule has 0 amide bonds. The molecule has 0 saturated heterocycles. The molecule has 2 aromatic carbocycles. The number of aromatic hydroxyl groups is 1. The minimum absolute atomic E-state index is 0.112. The van der Waals surface area contributed by atoms with Crippen molar-refractivity contribution < 1.29 is 33.1 Å². The Bertz CT molecular complexity index is 772. The van der Waals surface area contributed by atoms with Gasteiger partial charge in [0, 0.05) is 21.9 Å². The van der Waals surface area contributed by atoms with Crippen molar-refractivity contribution in [3.8, 4) is 5.75 Å². The predicted molar refractivity (Wildman–Crippen MR) is 81.5 cm³/mol. The summed E-state index contributed by atoms with van der Waals surface area (Å²) in [5.74, 6) is 0.112. The Morgan fingerprint density at radius 2 is 1.61 bits per heavy atom. The number of halogens is 1. The molecule has 3 rings (SSSR count). The zero-order valence-electron chi connectivity index (χ0n) is 11.4. The van der Waals surface area contributed by atoms with Gasteiger partial charge in [0.1, 0.15) is 19.5 Å². The first kappa shape index (κ1) is 16.5. The van der Waals surface area contributed by atoms with E-state index in [0.717, 1.165) is 10.8 Å². The molecule has 23 heavy (non-hydrogen) atoms. The van der Waals surface area contributed by atoms with Gasteiger partial charge in [0.05, 0.1) is 10.2 Å². The standard InChI is InChI=1S/C14H10ClNO5S2/c17-12-8-6-10(7-9-12)13-16-14(11-4-2-1-3-5-11)23(22-13)21-15(18,19)20/h1-9,17H. The van der Waals surface area contributed by atoms with Crippen LogP contribution in [0.5, 0.6) is 5.75 Å². The molecule has 0 aliphatic carbocycles. The number of hydrogen-bond acceptors (Lipinski definition) is 7. The normalized spacial score (nSPS) is 18.1. The molecule has 1 unspecified atom stereocenters. The molecule has 1 aliphatic rings. The lowest BCUT2D eigenvalue weighted by molar-refractivity contribution is -1.91. The molecule has 6 nitrogen and oxygen atoms in total. The van der Waals surface area contributed by atoms with Crippen LogP contribution in [-0.2, 0) is 3.74 Å². The Labute approximate surface area is 140 Å². The van der Waals surface area contributed by atoms with Crippen LogP contribution < -0.4 is 14.0 Å². The van der Waals surface area contributed by atoms with E-state index in [4.69, 9.17) is 0 Å². The van der Waals surface area contributed by atoms with Crippen LogP contribution in [0.15, 0.2) is 59.6 Å². The molecule has 1 aliphatic heterocycles. The van der Waals surface area contributed by atoms with E-state index in [-0.39, 0.29) is 5.75 Å². The quantitative estimate of drug-likeness (QED) is 0.601. The minimum Gasteiger partial charge on any atom is -0.508 e.